The maximum absolute atomic E-state index is 12.7. The van der Waals surface area contributed by atoms with Gasteiger partial charge in [0.05, 0.1) is 30.2 Å². The number of benzene rings is 2. The van der Waals surface area contributed by atoms with Gasteiger partial charge < -0.3 is 15.0 Å². The number of hydrogen-bond donors (Lipinski definition) is 1. The fourth-order valence-corrected chi connectivity index (χ4v) is 3.47. The van der Waals surface area contributed by atoms with Crippen LogP contribution >= 0.6 is 11.6 Å². The second kappa shape index (κ2) is 7.97. The predicted molar refractivity (Wildman–Crippen MR) is 111 cm³/mol. The zero-order valence-corrected chi connectivity index (χ0v) is 16.5. The molecule has 8 heteroatoms. The highest BCUT2D eigenvalue weighted by Crippen LogP contribution is 2.34. The second-order valence-corrected chi connectivity index (χ2v) is 7.08. The summed E-state index contributed by atoms with van der Waals surface area (Å²) in [5.74, 6) is 0.337. The van der Waals surface area contributed by atoms with Crippen molar-refractivity contribution in [1.29, 1.82) is 0 Å². The first-order chi connectivity index (χ1) is 14.0. The average Bonchev–Trinajstić information content (AvgIpc) is 3.37. The molecule has 2 aromatic carbocycles. The number of ether oxygens (including phenoxy) is 1. The van der Waals surface area contributed by atoms with E-state index in [2.05, 4.69) is 10.4 Å². The molecule has 2 amide bonds. The number of rotatable bonds is 5. The summed E-state index contributed by atoms with van der Waals surface area (Å²) in [7, 11) is 1.56. The van der Waals surface area contributed by atoms with Crippen molar-refractivity contribution in [3.63, 3.8) is 0 Å². The van der Waals surface area contributed by atoms with Crippen molar-refractivity contribution in [2.75, 3.05) is 23.9 Å². The Morgan fingerprint density at radius 1 is 1.24 bits per heavy atom. The number of carbonyl (C=O) groups is 2. The smallest absolute Gasteiger partial charge is 0.258 e. The first-order valence-corrected chi connectivity index (χ1v) is 9.53. The number of carbonyl (C=O) groups excluding carboxylic acids is 2. The molecule has 0 spiro atoms. The summed E-state index contributed by atoms with van der Waals surface area (Å²) in [4.78, 5) is 26.5. The number of nitrogens with one attached hydrogen (secondary N) is 1. The number of amides is 2. The van der Waals surface area contributed by atoms with Crippen LogP contribution in [0.25, 0.3) is 5.69 Å². The Balaban J connectivity index is 1.55. The molecule has 3 aromatic rings. The molecule has 0 aliphatic carbocycles. The van der Waals surface area contributed by atoms with Gasteiger partial charge in [-0.3, -0.25) is 9.59 Å². The molecule has 0 saturated carbocycles. The third-order valence-electron chi connectivity index (χ3n) is 4.72. The van der Waals surface area contributed by atoms with Crippen molar-refractivity contribution in [3.8, 4) is 11.4 Å². The number of anilines is 2. The van der Waals surface area contributed by atoms with E-state index >= 15 is 0 Å². The van der Waals surface area contributed by atoms with Crippen LogP contribution in [-0.2, 0) is 4.79 Å². The van der Waals surface area contributed by atoms with E-state index in [4.69, 9.17) is 16.3 Å². The first kappa shape index (κ1) is 19.0. The summed E-state index contributed by atoms with van der Waals surface area (Å²) in [6.45, 7) is 0.638. The molecule has 29 heavy (non-hydrogen) atoms. The van der Waals surface area contributed by atoms with Gasteiger partial charge in [-0.1, -0.05) is 17.7 Å². The molecular formula is C21H19ClN4O3. The predicted octanol–water partition coefficient (Wildman–Crippen LogP) is 3.91. The molecule has 148 valence electrons. The van der Waals surface area contributed by atoms with Gasteiger partial charge in [0.2, 0.25) is 5.91 Å². The monoisotopic (exact) mass is 410 g/mol. The van der Waals surface area contributed by atoms with Gasteiger partial charge in [0.1, 0.15) is 5.75 Å². The van der Waals surface area contributed by atoms with E-state index in [0.29, 0.717) is 40.7 Å². The second-order valence-electron chi connectivity index (χ2n) is 6.64. The van der Waals surface area contributed by atoms with Crippen LogP contribution in [0.3, 0.4) is 0 Å². The minimum Gasteiger partial charge on any atom is -0.495 e. The van der Waals surface area contributed by atoms with E-state index in [1.54, 1.807) is 53.2 Å². The lowest BCUT2D eigenvalue weighted by atomic mass is 10.2. The molecule has 0 atom stereocenters. The SMILES string of the molecule is COc1ccc(NC(=O)c2cnn(-c3cccc(Cl)c3)c2)cc1N1CCCC1=O. The van der Waals surface area contributed by atoms with Gasteiger partial charge in [0, 0.05) is 29.9 Å². The van der Waals surface area contributed by atoms with Crippen LogP contribution in [-0.4, -0.2) is 35.2 Å². The molecule has 4 rings (SSSR count). The zero-order valence-electron chi connectivity index (χ0n) is 15.8. The summed E-state index contributed by atoms with van der Waals surface area (Å²) in [5.41, 5.74) is 2.39. The van der Waals surface area contributed by atoms with Crippen molar-refractivity contribution in [2.45, 2.75) is 12.8 Å². The van der Waals surface area contributed by atoms with Gasteiger partial charge in [0.15, 0.2) is 0 Å². The van der Waals surface area contributed by atoms with Gasteiger partial charge in [-0.05, 0) is 42.8 Å². The van der Waals surface area contributed by atoms with Crippen LogP contribution in [0.1, 0.15) is 23.2 Å². The highest BCUT2D eigenvalue weighted by atomic mass is 35.5. The molecule has 1 saturated heterocycles. The molecule has 1 aliphatic rings. The summed E-state index contributed by atoms with van der Waals surface area (Å²) < 4.78 is 6.97. The molecule has 2 heterocycles. The maximum atomic E-state index is 12.7. The van der Waals surface area contributed by atoms with Gasteiger partial charge in [-0.25, -0.2) is 4.68 Å². The molecule has 0 unspecified atom stereocenters. The Hall–Kier alpha value is -3.32. The van der Waals surface area contributed by atoms with Crippen LogP contribution in [0, 0.1) is 0 Å². The van der Waals surface area contributed by atoms with Crippen LogP contribution in [0.15, 0.2) is 54.9 Å². The third kappa shape index (κ3) is 3.95. The van der Waals surface area contributed by atoms with Crippen LogP contribution in [0.5, 0.6) is 5.75 Å². The van der Waals surface area contributed by atoms with Crippen LogP contribution in [0.2, 0.25) is 5.02 Å². The van der Waals surface area contributed by atoms with Crippen LogP contribution < -0.4 is 15.0 Å². The number of nitrogens with zero attached hydrogens (tertiary/aromatic N) is 3. The molecule has 1 fully saturated rings. The molecule has 1 aromatic heterocycles. The summed E-state index contributed by atoms with van der Waals surface area (Å²) in [6, 6.07) is 12.4. The largest absolute Gasteiger partial charge is 0.495 e. The van der Waals surface area contributed by atoms with E-state index in [1.807, 2.05) is 12.1 Å². The molecule has 0 bridgehead atoms. The quantitative estimate of drug-likeness (QED) is 0.691. The number of halogens is 1. The number of methoxy groups -OCH3 is 1. The number of aromatic nitrogens is 2. The van der Waals surface area contributed by atoms with Crippen molar-refractivity contribution >= 4 is 34.8 Å². The Morgan fingerprint density at radius 3 is 2.83 bits per heavy atom. The Morgan fingerprint density at radius 2 is 2.10 bits per heavy atom. The lowest BCUT2D eigenvalue weighted by Crippen LogP contribution is -2.24. The van der Waals surface area contributed by atoms with Crippen molar-refractivity contribution in [1.82, 2.24) is 9.78 Å². The van der Waals surface area contributed by atoms with Crippen molar-refractivity contribution < 1.29 is 14.3 Å². The summed E-state index contributed by atoms with van der Waals surface area (Å²) in [6.07, 6.45) is 4.45. The van der Waals surface area contributed by atoms with Gasteiger partial charge in [-0.2, -0.15) is 5.10 Å². The first-order valence-electron chi connectivity index (χ1n) is 9.15. The highest BCUT2D eigenvalue weighted by Gasteiger charge is 2.25. The lowest BCUT2D eigenvalue weighted by molar-refractivity contribution is -0.117. The van der Waals surface area contributed by atoms with Gasteiger partial charge in [-0.15, -0.1) is 0 Å². The minimum absolute atomic E-state index is 0.0505. The Kier molecular flexibility index (Phi) is 5.22. The van der Waals surface area contributed by atoms with Crippen molar-refractivity contribution in [2.24, 2.45) is 0 Å². The fraction of sp³-hybridized carbons (Fsp3) is 0.190. The van der Waals surface area contributed by atoms with Gasteiger partial charge >= 0.3 is 0 Å². The highest BCUT2D eigenvalue weighted by molar-refractivity contribution is 6.30. The standard InChI is InChI=1S/C21H19ClN4O3/c1-29-19-8-7-16(11-18(19)25-9-3-6-20(25)27)24-21(28)14-12-23-26(13-14)17-5-2-4-15(22)10-17/h2,4-5,7-8,10-13H,3,6,9H2,1H3,(H,24,28). The molecular weight excluding hydrogens is 392 g/mol. The summed E-state index contributed by atoms with van der Waals surface area (Å²) >= 11 is 6.02. The maximum Gasteiger partial charge on any atom is 0.258 e. The lowest BCUT2D eigenvalue weighted by Gasteiger charge is -2.20. The Bertz CT molecular complexity index is 1080. The molecule has 0 radical (unpaired) electrons. The average molecular weight is 411 g/mol. The van der Waals surface area contributed by atoms with E-state index in [1.165, 1.54) is 6.20 Å². The van der Waals surface area contributed by atoms with Gasteiger partial charge in [0.25, 0.3) is 5.91 Å². The molecule has 7 nitrogen and oxygen atoms in total. The third-order valence-corrected chi connectivity index (χ3v) is 4.95. The summed E-state index contributed by atoms with van der Waals surface area (Å²) in [5, 5.41) is 7.67. The van der Waals surface area contributed by atoms with Crippen molar-refractivity contribution in [3.05, 3.63) is 65.4 Å². The topological polar surface area (TPSA) is 76.5 Å². The van der Waals surface area contributed by atoms with E-state index in [0.717, 1.165) is 12.1 Å². The zero-order chi connectivity index (χ0) is 20.4. The number of hydrogen-bond acceptors (Lipinski definition) is 4. The van der Waals surface area contributed by atoms with Crippen LogP contribution in [0.4, 0.5) is 11.4 Å². The molecule has 1 N–H and O–H groups in total. The van der Waals surface area contributed by atoms with E-state index in [-0.39, 0.29) is 11.8 Å². The fourth-order valence-electron chi connectivity index (χ4n) is 3.28. The normalized spacial score (nSPS) is 13.6. The van der Waals surface area contributed by atoms with E-state index < -0.39 is 0 Å². The minimum atomic E-state index is -0.304. The molecule has 1 aliphatic heterocycles. The van der Waals surface area contributed by atoms with E-state index in [9.17, 15) is 9.59 Å². The Labute approximate surface area is 172 Å².